The number of thiophene rings is 1. The average molecular weight is 382 g/mol. The van der Waals surface area contributed by atoms with E-state index in [1.54, 1.807) is 17.0 Å². The van der Waals surface area contributed by atoms with Crippen molar-refractivity contribution in [2.45, 2.75) is 6.10 Å². The van der Waals surface area contributed by atoms with Crippen molar-refractivity contribution < 1.29 is 14.3 Å². The minimum atomic E-state index is -0.485. The maximum atomic E-state index is 12.8. The molecule has 0 aliphatic carbocycles. The van der Waals surface area contributed by atoms with Gasteiger partial charge in [0.2, 0.25) is 0 Å². The Morgan fingerprint density at radius 3 is 2.78 bits per heavy atom. The second-order valence-corrected chi connectivity index (χ2v) is 7.34. The molecule has 0 spiro atoms. The maximum Gasteiger partial charge on any atom is 0.259 e. The molecule has 0 bridgehead atoms. The molecule has 4 N–H and O–H groups in total. The van der Waals surface area contributed by atoms with Crippen LogP contribution in [0.3, 0.4) is 0 Å². The summed E-state index contributed by atoms with van der Waals surface area (Å²) in [6.45, 7) is 1.18. The quantitative estimate of drug-likeness (QED) is 0.721. The molecule has 0 unspecified atom stereocenters. The molecule has 3 heterocycles. The number of carbonyl (C=O) groups excluding carboxylic acids is 2. The highest BCUT2D eigenvalue weighted by molar-refractivity contribution is 7.21. The van der Waals surface area contributed by atoms with Gasteiger partial charge < -0.3 is 21.1 Å². The fourth-order valence-electron chi connectivity index (χ4n) is 3.29. The molecular weight excluding hydrogens is 364 g/mol. The molecule has 1 aromatic carbocycles. The Morgan fingerprint density at radius 1 is 1.22 bits per heavy atom. The molecule has 4 rings (SSSR count). The third-order valence-corrected chi connectivity index (χ3v) is 5.77. The van der Waals surface area contributed by atoms with Gasteiger partial charge >= 0.3 is 0 Å². The predicted molar refractivity (Wildman–Crippen MR) is 104 cm³/mol. The van der Waals surface area contributed by atoms with E-state index in [1.807, 2.05) is 24.3 Å². The fraction of sp³-hybridized carbons (Fsp3) is 0.211. The van der Waals surface area contributed by atoms with Crippen LogP contribution in [-0.2, 0) is 4.74 Å². The van der Waals surface area contributed by atoms with Crippen molar-refractivity contribution in [2.24, 2.45) is 5.73 Å². The van der Waals surface area contributed by atoms with Crippen molar-refractivity contribution in [3.63, 3.8) is 0 Å². The normalized spacial score (nSPS) is 17.2. The number of nitrogen functional groups attached to an aromatic ring is 1. The van der Waals surface area contributed by atoms with Gasteiger partial charge in [0.05, 0.1) is 23.6 Å². The number of aromatic nitrogens is 1. The van der Waals surface area contributed by atoms with E-state index in [0.717, 1.165) is 15.6 Å². The third-order valence-electron chi connectivity index (χ3n) is 4.57. The molecule has 1 fully saturated rings. The van der Waals surface area contributed by atoms with Gasteiger partial charge in [0.1, 0.15) is 11.9 Å². The number of carbonyl (C=O) groups is 2. The summed E-state index contributed by atoms with van der Waals surface area (Å²) in [5, 5.41) is 0.935. The lowest BCUT2D eigenvalue weighted by atomic mass is 10.0. The van der Waals surface area contributed by atoms with Crippen molar-refractivity contribution in [1.82, 2.24) is 9.88 Å². The van der Waals surface area contributed by atoms with E-state index in [0.29, 0.717) is 36.0 Å². The van der Waals surface area contributed by atoms with E-state index < -0.39 is 12.0 Å². The summed E-state index contributed by atoms with van der Waals surface area (Å²) >= 11 is 1.35. The second-order valence-electron chi connectivity index (χ2n) is 6.29. The van der Waals surface area contributed by atoms with E-state index in [1.165, 1.54) is 17.5 Å². The Bertz CT molecular complexity index is 1020. The van der Waals surface area contributed by atoms with Gasteiger partial charge in [0.15, 0.2) is 0 Å². The Kier molecular flexibility index (Phi) is 4.51. The van der Waals surface area contributed by atoms with E-state index in [2.05, 4.69) is 4.98 Å². The molecule has 2 amide bonds. The van der Waals surface area contributed by atoms with Gasteiger partial charge in [-0.2, -0.15) is 0 Å². The van der Waals surface area contributed by atoms with Crippen LogP contribution < -0.4 is 11.5 Å². The first-order valence-corrected chi connectivity index (χ1v) is 9.30. The Labute approximate surface area is 159 Å². The van der Waals surface area contributed by atoms with Gasteiger partial charge in [-0.15, -0.1) is 11.3 Å². The molecular formula is C19H18N4O3S. The van der Waals surface area contributed by atoms with Crippen molar-refractivity contribution in [1.29, 1.82) is 0 Å². The summed E-state index contributed by atoms with van der Waals surface area (Å²) in [6, 6.07) is 11.0. The zero-order chi connectivity index (χ0) is 19.0. The highest BCUT2D eigenvalue weighted by Crippen LogP contribution is 2.38. The lowest BCUT2D eigenvalue weighted by molar-refractivity contribution is -0.0222. The van der Waals surface area contributed by atoms with Crippen LogP contribution in [0.2, 0.25) is 0 Å². The van der Waals surface area contributed by atoms with Crippen molar-refractivity contribution in [2.75, 3.05) is 25.4 Å². The molecule has 1 saturated heterocycles. The van der Waals surface area contributed by atoms with Crippen LogP contribution in [0.5, 0.6) is 0 Å². The van der Waals surface area contributed by atoms with Crippen LogP contribution in [0.1, 0.15) is 31.7 Å². The smallest absolute Gasteiger partial charge is 0.259 e. The van der Waals surface area contributed by atoms with Crippen LogP contribution in [0.25, 0.3) is 10.1 Å². The largest absolute Gasteiger partial charge is 0.384 e. The number of amides is 2. The van der Waals surface area contributed by atoms with Gasteiger partial charge in [0.25, 0.3) is 11.8 Å². The number of pyridine rings is 1. The van der Waals surface area contributed by atoms with E-state index in [4.69, 9.17) is 16.2 Å². The van der Waals surface area contributed by atoms with E-state index >= 15 is 0 Å². The molecule has 1 aliphatic rings. The number of fused-ring (bicyclic) bond motifs is 1. The van der Waals surface area contributed by atoms with Crippen LogP contribution in [0, 0.1) is 0 Å². The summed E-state index contributed by atoms with van der Waals surface area (Å²) in [6.07, 6.45) is 1.06. The number of benzene rings is 1. The molecule has 27 heavy (non-hydrogen) atoms. The molecule has 138 valence electrons. The van der Waals surface area contributed by atoms with Crippen molar-refractivity contribution in [3.05, 3.63) is 58.6 Å². The standard InChI is InChI=1S/C19H18N4O3S/c20-15-6-5-11(9-22-15)19(25)23-7-8-26-13(10-23)16-12-3-1-2-4-14(12)27-17(16)18(21)24/h1-6,9,13H,7-8,10H2,(H2,20,22)(H2,21,24)/t13-/m0/s1. The zero-order valence-electron chi connectivity index (χ0n) is 14.4. The summed E-state index contributed by atoms with van der Waals surface area (Å²) in [5.41, 5.74) is 12.4. The van der Waals surface area contributed by atoms with E-state index in [9.17, 15) is 9.59 Å². The Morgan fingerprint density at radius 2 is 2.04 bits per heavy atom. The van der Waals surface area contributed by atoms with Gasteiger partial charge in [-0.1, -0.05) is 18.2 Å². The molecule has 0 radical (unpaired) electrons. The topological polar surface area (TPSA) is 112 Å². The lowest BCUT2D eigenvalue weighted by Gasteiger charge is -2.33. The number of nitrogens with zero attached hydrogens (tertiary/aromatic N) is 2. The number of anilines is 1. The van der Waals surface area contributed by atoms with Gasteiger partial charge in [0, 0.05) is 23.0 Å². The summed E-state index contributed by atoms with van der Waals surface area (Å²) < 4.78 is 6.89. The number of nitrogens with two attached hydrogens (primary N) is 2. The molecule has 0 saturated carbocycles. The first kappa shape index (κ1) is 17.4. The monoisotopic (exact) mass is 382 g/mol. The zero-order valence-corrected chi connectivity index (χ0v) is 15.2. The summed E-state index contributed by atoms with van der Waals surface area (Å²) in [4.78, 5) is 31.0. The number of hydrogen-bond donors (Lipinski definition) is 2. The number of morpholine rings is 1. The van der Waals surface area contributed by atoms with Crippen molar-refractivity contribution >= 4 is 39.1 Å². The molecule has 2 aromatic heterocycles. The van der Waals surface area contributed by atoms with E-state index in [-0.39, 0.29) is 5.91 Å². The third kappa shape index (κ3) is 3.24. The summed E-state index contributed by atoms with van der Waals surface area (Å²) in [5.74, 6) is -0.265. The van der Waals surface area contributed by atoms with Crippen LogP contribution in [0.15, 0.2) is 42.6 Å². The average Bonchev–Trinajstić information content (AvgIpc) is 3.08. The minimum absolute atomic E-state index is 0.143. The second kappa shape index (κ2) is 6.98. The Hall–Kier alpha value is -2.97. The molecule has 1 aliphatic heterocycles. The predicted octanol–water partition coefficient (Wildman–Crippen LogP) is 2.19. The van der Waals surface area contributed by atoms with Crippen LogP contribution in [0.4, 0.5) is 5.82 Å². The summed E-state index contributed by atoms with van der Waals surface area (Å²) in [7, 11) is 0. The van der Waals surface area contributed by atoms with Gasteiger partial charge in [-0.25, -0.2) is 4.98 Å². The lowest BCUT2D eigenvalue weighted by Crippen LogP contribution is -2.42. The highest BCUT2D eigenvalue weighted by atomic mass is 32.1. The van der Waals surface area contributed by atoms with Crippen LogP contribution in [-0.4, -0.2) is 41.4 Å². The molecule has 3 aromatic rings. The SMILES string of the molecule is NC(=O)c1sc2ccccc2c1[C@@H]1CN(C(=O)c2ccc(N)nc2)CCO1. The maximum absolute atomic E-state index is 12.8. The number of hydrogen-bond acceptors (Lipinski definition) is 6. The minimum Gasteiger partial charge on any atom is -0.384 e. The molecule has 8 heteroatoms. The number of ether oxygens (including phenoxy) is 1. The highest BCUT2D eigenvalue weighted by Gasteiger charge is 2.31. The van der Waals surface area contributed by atoms with Gasteiger partial charge in [-0.05, 0) is 23.6 Å². The fourth-order valence-corrected chi connectivity index (χ4v) is 4.40. The Balaban J connectivity index is 1.66. The van der Waals surface area contributed by atoms with Gasteiger partial charge in [-0.3, -0.25) is 9.59 Å². The first-order chi connectivity index (χ1) is 13.0. The van der Waals surface area contributed by atoms with Crippen LogP contribution >= 0.6 is 11.3 Å². The molecule has 1 atom stereocenters. The molecule has 7 nitrogen and oxygen atoms in total. The number of rotatable bonds is 3. The first-order valence-electron chi connectivity index (χ1n) is 8.48. The van der Waals surface area contributed by atoms with Crippen molar-refractivity contribution in [3.8, 4) is 0 Å². The number of primary amides is 1.